The summed E-state index contributed by atoms with van der Waals surface area (Å²) in [7, 11) is 0. The number of hydrogen-bond acceptors (Lipinski definition) is 3. The fraction of sp³-hybridized carbons (Fsp3) is 0.263. The van der Waals surface area contributed by atoms with Crippen LogP contribution < -0.4 is 5.32 Å². The molecule has 0 saturated carbocycles. The van der Waals surface area contributed by atoms with E-state index in [1.54, 1.807) is 11.8 Å². The zero-order valence-corrected chi connectivity index (χ0v) is 14.7. The van der Waals surface area contributed by atoms with Crippen LogP contribution >= 0.6 is 11.8 Å². The van der Waals surface area contributed by atoms with Crippen molar-refractivity contribution in [1.29, 1.82) is 0 Å². The highest BCUT2D eigenvalue weighted by atomic mass is 32.2. The van der Waals surface area contributed by atoms with Crippen LogP contribution in [0.25, 0.3) is 0 Å². The van der Waals surface area contributed by atoms with Gasteiger partial charge < -0.3 is 10.4 Å². The van der Waals surface area contributed by atoms with Gasteiger partial charge in [0.1, 0.15) is 0 Å². The van der Waals surface area contributed by atoms with Crippen LogP contribution in [0.4, 0.5) is 5.69 Å². The lowest BCUT2D eigenvalue weighted by molar-refractivity contribution is -0.136. The van der Waals surface area contributed by atoms with E-state index in [0.717, 1.165) is 28.1 Å². The minimum atomic E-state index is -0.781. The predicted molar refractivity (Wildman–Crippen MR) is 98.7 cm³/mol. The molecule has 0 aliphatic carbocycles. The molecule has 126 valence electrons. The molecule has 0 heterocycles. The quantitative estimate of drug-likeness (QED) is 0.737. The van der Waals surface area contributed by atoms with Crippen LogP contribution in [0.2, 0.25) is 0 Å². The maximum absolute atomic E-state index is 12.5. The zero-order valence-electron chi connectivity index (χ0n) is 13.8. The molecule has 5 heteroatoms. The van der Waals surface area contributed by atoms with Crippen LogP contribution in [-0.4, -0.2) is 22.7 Å². The fourth-order valence-electron chi connectivity index (χ4n) is 2.28. The molecule has 0 fully saturated rings. The number of rotatable bonds is 7. The third-order valence-corrected chi connectivity index (χ3v) is 4.79. The van der Waals surface area contributed by atoms with Gasteiger partial charge in [-0.15, -0.1) is 0 Å². The molecule has 2 aromatic rings. The Labute approximate surface area is 146 Å². The van der Waals surface area contributed by atoms with Crippen LogP contribution in [0.15, 0.2) is 42.5 Å². The van der Waals surface area contributed by atoms with Gasteiger partial charge in [-0.3, -0.25) is 9.59 Å². The second-order valence-electron chi connectivity index (χ2n) is 5.60. The monoisotopic (exact) mass is 343 g/mol. The minimum Gasteiger partial charge on any atom is -0.481 e. The summed E-state index contributed by atoms with van der Waals surface area (Å²) in [6.07, 6.45) is 0.160. The summed E-state index contributed by atoms with van der Waals surface area (Å²) in [6, 6.07) is 13.3. The van der Waals surface area contributed by atoms with Crippen molar-refractivity contribution in [3.8, 4) is 0 Å². The number of hydrogen-bond donors (Lipinski definition) is 2. The molecule has 2 rings (SSSR count). The molecule has 24 heavy (non-hydrogen) atoms. The highest BCUT2D eigenvalue weighted by Gasteiger charge is 2.10. The van der Waals surface area contributed by atoms with Crippen LogP contribution in [0.5, 0.6) is 0 Å². The van der Waals surface area contributed by atoms with Gasteiger partial charge in [-0.2, -0.15) is 11.8 Å². The molecule has 0 aromatic heterocycles. The summed E-state index contributed by atoms with van der Waals surface area (Å²) in [5.74, 6) is 0.401. The Morgan fingerprint density at radius 3 is 2.62 bits per heavy atom. The van der Waals surface area contributed by atoms with Gasteiger partial charge in [-0.25, -0.2) is 0 Å². The SMILES string of the molecule is Cc1cccc(C(=O)Nc2cccc(CSCCC(=O)O)c2)c1C. The number of aliphatic carboxylic acids is 1. The normalized spacial score (nSPS) is 10.4. The first-order valence-corrected chi connectivity index (χ1v) is 8.89. The molecule has 0 saturated heterocycles. The minimum absolute atomic E-state index is 0.119. The van der Waals surface area contributed by atoms with Crippen molar-refractivity contribution in [2.45, 2.75) is 26.0 Å². The number of thioether (sulfide) groups is 1. The number of carboxylic acids is 1. The molecule has 0 aliphatic rings. The second-order valence-corrected chi connectivity index (χ2v) is 6.70. The van der Waals surface area contributed by atoms with E-state index in [4.69, 9.17) is 5.11 Å². The molecular formula is C19H21NO3S. The van der Waals surface area contributed by atoms with Gasteiger partial charge in [0.15, 0.2) is 0 Å². The molecule has 0 atom stereocenters. The van der Waals surface area contributed by atoms with Crippen molar-refractivity contribution in [3.63, 3.8) is 0 Å². The van der Waals surface area contributed by atoms with Gasteiger partial charge in [0.2, 0.25) is 0 Å². The Kier molecular flexibility index (Phi) is 6.44. The number of aryl methyl sites for hydroxylation is 1. The lowest BCUT2D eigenvalue weighted by Gasteiger charge is -2.10. The molecule has 2 aromatic carbocycles. The summed E-state index contributed by atoms with van der Waals surface area (Å²) in [5, 5.41) is 11.6. The first-order valence-electron chi connectivity index (χ1n) is 7.73. The molecular weight excluding hydrogens is 322 g/mol. The maximum atomic E-state index is 12.5. The van der Waals surface area contributed by atoms with Crippen molar-refractivity contribution in [3.05, 3.63) is 64.7 Å². The van der Waals surface area contributed by atoms with Gasteiger partial charge in [-0.1, -0.05) is 24.3 Å². The number of carboxylic acid groups (broad SMARTS) is 1. The van der Waals surface area contributed by atoms with E-state index in [9.17, 15) is 9.59 Å². The van der Waals surface area contributed by atoms with Crippen LogP contribution in [0, 0.1) is 13.8 Å². The van der Waals surface area contributed by atoms with Crippen molar-refractivity contribution in [1.82, 2.24) is 0 Å². The lowest BCUT2D eigenvalue weighted by Crippen LogP contribution is -2.14. The van der Waals surface area contributed by atoms with Gasteiger partial charge in [-0.05, 0) is 48.7 Å². The van der Waals surface area contributed by atoms with Gasteiger partial charge in [0, 0.05) is 22.8 Å². The summed E-state index contributed by atoms with van der Waals surface area (Å²) >= 11 is 1.57. The maximum Gasteiger partial charge on any atom is 0.304 e. The molecule has 0 spiro atoms. The largest absolute Gasteiger partial charge is 0.481 e. The Balaban J connectivity index is 2.00. The summed E-state index contributed by atoms with van der Waals surface area (Å²) in [6.45, 7) is 3.93. The van der Waals surface area contributed by atoms with Crippen molar-refractivity contribution in [2.24, 2.45) is 0 Å². The topological polar surface area (TPSA) is 66.4 Å². The smallest absolute Gasteiger partial charge is 0.304 e. The van der Waals surface area contributed by atoms with Crippen LogP contribution in [-0.2, 0) is 10.5 Å². The standard InChI is InChI=1S/C19H21NO3S/c1-13-5-3-8-17(14(13)2)19(23)20-16-7-4-6-15(11-16)12-24-10-9-18(21)22/h3-8,11H,9-10,12H2,1-2H3,(H,20,23)(H,21,22). The van der Waals surface area contributed by atoms with Gasteiger partial charge in [0.25, 0.3) is 5.91 Å². The van der Waals surface area contributed by atoms with E-state index < -0.39 is 5.97 Å². The summed E-state index contributed by atoms with van der Waals surface area (Å²) in [5.41, 5.74) is 4.55. The molecule has 0 unspecified atom stereocenters. The predicted octanol–water partition coefficient (Wildman–Crippen LogP) is 4.26. The number of amides is 1. The Bertz CT molecular complexity index is 743. The highest BCUT2D eigenvalue weighted by Crippen LogP contribution is 2.19. The highest BCUT2D eigenvalue weighted by molar-refractivity contribution is 7.98. The van der Waals surface area contributed by atoms with E-state index in [0.29, 0.717) is 11.3 Å². The number of nitrogens with one attached hydrogen (secondary N) is 1. The molecule has 0 aliphatic heterocycles. The third kappa shape index (κ3) is 5.13. The average molecular weight is 343 g/mol. The molecule has 0 radical (unpaired) electrons. The second kappa shape index (κ2) is 8.55. The van der Waals surface area contributed by atoms with Gasteiger partial charge >= 0.3 is 5.97 Å². The molecule has 0 bridgehead atoms. The van der Waals surface area contributed by atoms with Crippen LogP contribution in [0.1, 0.15) is 33.5 Å². The van der Waals surface area contributed by atoms with Crippen molar-refractivity contribution in [2.75, 3.05) is 11.1 Å². The average Bonchev–Trinajstić information content (AvgIpc) is 2.54. The number of carbonyl (C=O) groups is 2. The first kappa shape index (κ1) is 18.1. The van der Waals surface area contributed by atoms with Gasteiger partial charge in [0.05, 0.1) is 6.42 Å². The van der Waals surface area contributed by atoms with E-state index in [1.807, 2.05) is 56.3 Å². The molecule has 4 nitrogen and oxygen atoms in total. The fourth-order valence-corrected chi connectivity index (χ4v) is 3.16. The third-order valence-electron chi connectivity index (χ3n) is 3.76. The molecule has 2 N–H and O–H groups in total. The van der Waals surface area contributed by atoms with E-state index in [-0.39, 0.29) is 12.3 Å². The van der Waals surface area contributed by atoms with E-state index in [1.165, 1.54) is 0 Å². The van der Waals surface area contributed by atoms with Crippen molar-refractivity contribution >= 4 is 29.3 Å². The Hall–Kier alpha value is -2.27. The van der Waals surface area contributed by atoms with E-state index in [2.05, 4.69) is 5.32 Å². The lowest BCUT2D eigenvalue weighted by atomic mass is 10.0. The Morgan fingerprint density at radius 1 is 1.12 bits per heavy atom. The summed E-state index contributed by atoms with van der Waals surface area (Å²) < 4.78 is 0. The molecule has 1 amide bonds. The number of anilines is 1. The van der Waals surface area contributed by atoms with Crippen molar-refractivity contribution < 1.29 is 14.7 Å². The Morgan fingerprint density at radius 2 is 1.88 bits per heavy atom. The first-order chi connectivity index (χ1) is 11.5. The number of benzene rings is 2. The van der Waals surface area contributed by atoms with E-state index >= 15 is 0 Å². The number of carbonyl (C=O) groups excluding carboxylic acids is 1. The van der Waals surface area contributed by atoms with Crippen LogP contribution in [0.3, 0.4) is 0 Å². The summed E-state index contributed by atoms with van der Waals surface area (Å²) in [4.78, 5) is 23.0. The zero-order chi connectivity index (χ0) is 17.5.